The maximum atomic E-state index is 12.2. The summed E-state index contributed by atoms with van der Waals surface area (Å²) in [5, 5.41) is 13.0. The van der Waals surface area contributed by atoms with Crippen molar-refractivity contribution in [1.82, 2.24) is 10.3 Å². The van der Waals surface area contributed by atoms with Gasteiger partial charge in [0.05, 0.1) is 5.56 Å². The molecule has 0 unspecified atom stereocenters. The van der Waals surface area contributed by atoms with Gasteiger partial charge in [-0.05, 0) is 48.7 Å². The zero-order chi connectivity index (χ0) is 16.2. The quantitative estimate of drug-likeness (QED) is 0.904. The normalized spacial score (nSPS) is 14.0. The lowest BCUT2D eigenvalue weighted by molar-refractivity contribution is 0.0948. The Morgan fingerprint density at radius 1 is 1.26 bits per heavy atom. The van der Waals surface area contributed by atoms with Crippen molar-refractivity contribution >= 4 is 23.3 Å². The summed E-state index contributed by atoms with van der Waals surface area (Å²) in [6, 6.07) is 8.31. The Hall–Kier alpha value is -2.27. The lowest BCUT2D eigenvalue weighted by Crippen LogP contribution is -2.23. The van der Waals surface area contributed by atoms with Crippen LogP contribution >= 0.6 is 11.6 Å². The van der Waals surface area contributed by atoms with E-state index in [-0.39, 0.29) is 17.2 Å². The molecule has 1 aliphatic heterocycles. The van der Waals surface area contributed by atoms with Crippen LogP contribution in [0, 0.1) is 0 Å². The lowest BCUT2D eigenvalue weighted by atomic mass is 10.2. The van der Waals surface area contributed by atoms with Crippen LogP contribution in [0.2, 0.25) is 5.02 Å². The van der Waals surface area contributed by atoms with Gasteiger partial charge in [-0.15, -0.1) is 0 Å². The number of hydrogen-bond acceptors (Lipinski definition) is 4. The molecule has 1 saturated heterocycles. The number of phenols is 1. The van der Waals surface area contributed by atoms with E-state index in [1.807, 2.05) is 12.1 Å². The SMILES string of the molecule is O=C(NCc1ccnc(N2CCCC2)c1)c1ccc(Cl)cc1O. The molecule has 1 aromatic heterocycles. The number of halogens is 1. The fourth-order valence-electron chi connectivity index (χ4n) is 2.66. The second kappa shape index (κ2) is 6.87. The standard InChI is InChI=1S/C17H18ClN3O2/c18-13-3-4-14(15(22)10-13)17(23)20-11-12-5-6-19-16(9-12)21-7-1-2-8-21/h3-6,9-10,22H,1-2,7-8,11H2,(H,20,23). The van der Waals surface area contributed by atoms with Gasteiger partial charge >= 0.3 is 0 Å². The first-order valence-corrected chi connectivity index (χ1v) is 7.98. The first-order chi connectivity index (χ1) is 11.1. The molecule has 1 aromatic carbocycles. The molecule has 2 aromatic rings. The summed E-state index contributed by atoms with van der Waals surface area (Å²) in [4.78, 5) is 18.8. The molecular weight excluding hydrogens is 314 g/mol. The van der Waals surface area contributed by atoms with Gasteiger partial charge in [0.2, 0.25) is 0 Å². The average Bonchev–Trinajstić information content (AvgIpc) is 3.07. The van der Waals surface area contributed by atoms with Crippen molar-refractivity contribution in [1.29, 1.82) is 0 Å². The van der Waals surface area contributed by atoms with E-state index >= 15 is 0 Å². The van der Waals surface area contributed by atoms with Crippen molar-refractivity contribution in [2.75, 3.05) is 18.0 Å². The number of aromatic hydroxyl groups is 1. The molecule has 1 aliphatic rings. The number of anilines is 1. The molecular formula is C17H18ClN3O2. The van der Waals surface area contributed by atoms with E-state index in [4.69, 9.17) is 11.6 Å². The molecule has 1 amide bonds. The number of aromatic nitrogens is 1. The number of nitrogens with one attached hydrogen (secondary N) is 1. The minimum absolute atomic E-state index is 0.123. The van der Waals surface area contributed by atoms with Gasteiger partial charge in [-0.1, -0.05) is 11.6 Å². The van der Waals surface area contributed by atoms with Crippen LogP contribution in [0.5, 0.6) is 5.75 Å². The van der Waals surface area contributed by atoms with Crippen LogP contribution in [-0.2, 0) is 6.54 Å². The van der Waals surface area contributed by atoms with E-state index in [0.29, 0.717) is 11.6 Å². The van der Waals surface area contributed by atoms with Gasteiger partial charge in [-0.25, -0.2) is 4.98 Å². The fraction of sp³-hybridized carbons (Fsp3) is 0.294. The van der Waals surface area contributed by atoms with Crippen molar-refractivity contribution in [3.63, 3.8) is 0 Å². The summed E-state index contributed by atoms with van der Waals surface area (Å²) in [6.07, 6.45) is 4.14. The van der Waals surface area contributed by atoms with Crippen LogP contribution in [0.4, 0.5) is 5.82 Å². The average molecular weight is 332 g/mol. The van der Waals surface area contributed by atoms with Gasteiger partial charge in [0.1, 0.15) is 11.6 Å². The molecule has 0 aliphatic carbocycles. The summed E-state index contributed by atoms with van der Waals surface area (Å²) in [5.41, 5.74) is 1.19. The van der Waals surface area contributed by atoms with Gasteiger partial charge in [-0.3, -0.25) is 4.79 Å². The Labute approximate surface area is 139 Å². The Balaban J connectivity index is 1.65. The second-order valence-electron chi connectivity index (χ2n) is 5.56. The molecule has 120 valence electrons. The Morgan fingerprint density at radius 2 is 2.04 bits per heavy atom. The minimum atomic E-state index is -0.335. The van der Waals surface area contributed by atoms with Crippen LogP contribution in [0.1, 0.15) is 28.8 Å². The van der Waals surface area contributed by atoms with E-state index < -0.39 is 0 Å². The summed E-state index contributed by atoms with van der Waals surface area (Å²) in [7, 11) is 0. The predicted molar refractivity (Wildman–Crippen MR) is 90.0 cm³/mol. The summed E-state index contributed by atoms with van der Waals surface area (Å²) >= 11 is 5.77. The predicted octanol–water partition coefficient (Wildman–Crippen LogP) is 2.97. The summed E-state index contributed by atoms with van der Waals surface area (Å²) in [6.45, 7) is 2.44. The Bertz CT molecular complexity index is 715. The topological polar surface area (TPSA) is 65.5 Å². The van der Waals surface area contributed by atoms with Crippen molar-refractivity contribution in [3.05, 3.63) is 52.7 Å². The highest BCUT2D eigenvalue weighted by Gasteiger charge is 2.14. The lowest BCUT2D eigenvalue weighted by Gasteiger charge is -2.17. The van der Waals surface area contributed by atoms with E-state index in [0.717, 1.165) is 24.5 Å². The number of benzene rings is 1. The van der Waals surface area contributed by atoms with Crippen LogP contribution < -0.4 is 10.2 Å². The van der Waals surface area contributed by atoms with Crippen LogP contribution in [0.25, 0.3) is 0 Å². The Morgan fingerprint density at radius 3 is 2.78 bits per heavy atom. The molecule has 0 radical (unpaired) electrons. The van der Waals surface area contributed by atoms with Gasteiger partial charge in [-0.2, -0.15) is 0 Å². The number of amides is 1. The van der Waals surface area contributed by atoms with E-state index in [1.165, 1.54) is 25.0 Å². The number of carbonyl (C=O) groups excluding carboxylic acids is 1. The number of pyridine rings is 1. The molecule has 2 N–H and O–H groups in total. The molecule has 6 heteroatoms. The van der Waals surface area contributed by atoms with Crippen LogP contribution in [0.3, 0.4) is 0 Å². The number of phenolic OH excluding ortho intramolecular Hbond substituents is 1. The van der Waals surface area contributed by atoms with Crippen molar-refractivity contribution in [2.45, 2.75) is 19.4 Å². The fourth-order valence-corrected chi connectivity index (χ4v) is 2.83. The molecule has 0 bridgehead atoms. The van der Waals surface area contributed by atoms with E-state index in [9.17, 15) is 9.90 Å². The van der Waals surface area contributed by atoms with Crippen molar-refractivity contribution < 1.29 is 9.90 Å². The van der Waals surface area contributed by atoms with E-state index in [1.54, 1.807) is 12.3 Å². The number of rotatable bonds is 4. The third kappa shape index (κ3) is 3.74. The first kappa shape index (κ1) is 15.6. The van der Waals surface area contributed by atoms with E-state index in [2.05, 4.69) is 15.2 Å². The molecule has 1 fully saturated rings. The molecule has 2 heterocycles. The minimum Gasteiger partial charge on any atom is -0.507 e. The maximum Gasteiger partial charge on any atom is 0.255 e. The van der Waals surface area contributed by atoms with Gasteiger partial charge in [0, 0.05) is 30.9 Å². The monoisotopic (exact) mass is 331 g/mol. The Kier molecular flexibility index (Phi) is 4.67. The first-order valence-electron chi connectivity index (χ1n) is 7.60. The zero-order valence-corrected chi connectivity index (χ0v) is 13.4. The highest BCUT2D eigenvalue weighted by Crippen LogP contribution is 2.22. The summed E-state index contributed by atoms with van der Waals surface area (Å²) in [5.74, 6) is 0.491. The van der Waals surface area contributed by atoms with Crippen molar-refractivity contribution in [3.8, 4) is 5.75 Å². The van der Waals surface area contributed by atoms with Crippen molar-refractivity contribution in [2.24, 2.45) is 0 Å². The third-order valence-corrected chi connectivity index (χ3v) is 4.13. The molecule has 5 nitrogen and oxygen atoms in total. The second-order valence-corrected chi connectivity index (χ2v) is 6.00. The number of hydrogen-bond donors (Lipinski definition) is 2. The van der Waals surface area contributed by atoms with Gasteiger partial charge < -0.3 is 15.3 Å². The van der Waals surface area contributed by atoms with Crippen LogP contribution in [0.15, 0.2) is 36.5 Å². The number of nitrogens with zero attached hydrogens (tertiary/aromatic N) is 2. The molecule has 23 heavy (non-hydrogen) atoms. The molecule has 0 spiro atoms. The number of carbonyl (C=O) groups is 1. The molecule has 0 atom stereocenters. The molecule has 0 saturated carbocycles. The highest BCUT2D eigenvalue weighted by atomic mass is 35.5. The zero-order valence-electron chi connectivity index (χ0n) is 12.6. The summed E-state index contributed by atoms with van der Waals surface area (Å²) < 4.78 is 0. The highest BCUT2D eigenvalue weighted by molar-refractivity contribution is 6.30. The molecule has 3 rings (SSSR count). The largest absolute Gasteiger partial charge is 0.507 e. The smallest absolute Gasteiger partial charge is 0.255 e. The third-order valence-electron chi connectivity index (χ3n) is 3.90. The van der Waals surface area contributed by atoms with Crippen LogP contribution in [-0.4, -0.2) is 29.1 Å². The van der Waals surface area contributed by atoms with Gasteiger partial charge in [0.25, 0.3) is 5.91 Å². The van der Waals surface area contributed by atoms with Gasteiger partial charge in [0.15, 0.2) is 0 Å². The maximum absolute atomic E-state index is 12.2.